The average molecular weight is 410 g/mol. The van der Waals surface area contributed by atoms with Crippen molar-refractivity contribution < 1.29 is 9.32 Å². The van der Waals surface area contributed by atoms with Gasteiger partial charge in [-0.3, -0.25) is 9.69 Å². The minimum absolute atomic E-state index is 0.0404. The van der Waals surface area contributed by atoms with Gasteiger partial charge in [-0.1, -0.05) is 64.8 Å². The van der Waals surface area contributed by atoms with Crippen molar-refractivity contribution in [1.82, 2.24) is 15.4 Å². The summed E-state index contributed by atoms with van der Waals surface area (Å²) in [4.78, 5) is 15.1. The van der Waals surface area contributed by atoms with E-state index in [4.69, 9.17) is 16.1 Å². The van der Waals surface area contributed by atoms with Crippen molar-refractivity contribution in [2.24, 2.45) is 0 Å². The molecule has 2 aromatic carbocycles. The molecule has 1 atom stereocenters. The van der Waals surface area contributed by atoms with Crippen LogP contribution in [0.3, 0.4) is 0 Å². The second-order valence-corrected chi connectivity index (χ2v) is 7.84. The van der Waals surface area contributed by atoms with E-state index in [0.29, 0.717) is 12.3 Å². The summed E-state index contributed by atoms with van der Waals surface area (Å²) >= 11 is 6.45. The number of aryl methyl sites for hydroxylation is 1. The molecule has 5 nitrogen and oxygen atoms in total. The number of halogens is 1. The lowest BCUT2D eigenvalue weighted by atomic mass is 10.1. The van der Waals surface area contributed by atoms with Gasteiger partial charge in [-0.15, -0.1) is 0 Å². The maximum Gasteiger partial charge on any atom is 0.273 e. The van der Waals surface area contributed by atoms with E-state index in [1.165, 1.54) is 5.56 Å². The molecular formula is C23H24ClN3O2. The van der Waals surface area contributed by atoms with Crippen LogP contribution in [0.5, 0.6) is 0 Å². The van der Waals surface area contributed by atoms with Gasteiger partial charge in [-0.2, -0.15) is 0 Å². The third-order valence-corrected chi connectivity index (χ3v) is 5.72. The van der Waals surface area contributed by atoms with E-state index in [1.807, 2.05) is 55.5 Å². The second kappa shape index (κ2) is 8.80. The van der Waals surface area contributed by atoms with E-state index in [-0.39, 0.29) is 17.6 Å². The van der Waals surface area contributed by atoms with Crippen LogP contribution in [-0.4, -0.2) is 35.6 Å². The maximum absolute atomic E-state index is 12.7. The zero-order valence-corrected chi connectivity index (χ0v) is 17.2. The molecule has 1 N–H and O–H groups in total. The van der Waals surface area contributed by atoms with Crippen LogP contribution >= 0.6 is 11.6 Å². The molecule has 4 rings (SSSR count). The molecule has 2 heterocycles. The standard InChI is InChI=1S/C23H24ClN3O2/c1-16-8-10-17(11-9-16)22-14-20(26-29-22)23(28)25-15-21(27-12-4-5-13-27)18-6-2-3-7-19(18)24/h2-3,6-11,14,21H,4-5,12-13,15H2,1H3,(H,25,28). The summed E-state index contributed by atoms with van der Waals surface area (Å²) in [6.07, 6.45) is 2.33. The monoisotopic (exact) mass is 409 g/mol. The molecule has 0 aliphatic carbocycles. The molecule has 1 aromatic heterocycles. The number of carbonyl (C=O) groups excluding carboxylic acids is 1. The van der Waals surface area contributed by atoms with Crippen LogP contribution in [0, 0.1) is 6.92 Å². The van der Waals surface area contributed by atoms with E-state index in [9.17, 15) is 4.79 Å². The number of benzene rings is 2. The number of rotatable bonds is 6. The third-order valence-electron chi connectivity index (χ3n) is 5.38. The van der Waals surface area contributed by atoms with Crippen LogP contribution in [0.2, 0.25) is 5.02 Å². The molecule has 1 amide bonds. The molecule has 3 aromatic rings. The Labute approximate surface area is 175 Å². The van der Waals surface area contributed by atoms with Gasteiger partial charge >= 0.3 is 0 Å². The van der Waals surface area contributed by atoms with Crippen LogP contribution in [0.4, 0.5) is 0 Å². The first-order valence-electron chi connectivity index (χ1n) is 9.92. The number of likely N-dealkylation sites (tertiary alicyclic amines) is 1. The minimum atomic E-state index is -0.247. The lowest BCUT2D eigenvalue weighted by Crippen LogP contribution is -2.37. The van der Waals surface area contributed by atoms with Gasteiger partial charge in [-0.05, 0) is 44.5 Å². The Hall–Kier alpha value is -2.63. The van der Waals surface area contributed by atoms with E-state index >= 15 is 0 Å². The molecule has 0 saturated carbocycles. The van der Waals surface area contributed by atoms with Crippen molar-refractivity contribution >= 4 is 17.5 Å². The molecule has 1 saturated heterocycles. The van der Waals surface area contributed by atoms with Gasteiger partial charge in [-0.25, -0.2) is 0 Å². The Morgan fingerprint density at radius 3 is 2.62 bits per heavy atom. The molecule has 0 radical (unpaired) electrons. The molecule has 1 unspecified atom stereocenters. The van der Waals surface area contributed by atoms with Gasteiger partial charge in [0.25, 0.3) is 5.91 Å². The molecule has 0 spiro atoms. The van der Waals surface area contributed by atoms with Crippen LogP contribution in [0.1, 0.15) is 40.5 Å². The van der Waals surface area contributed by atoms with E-state index in [0.717, 1.165) is 42.1 Å². The molecule has 150 valence electrons. The number of nitrogens with zero attached hydrogens (tertiary/aromatic N) is 2. The highest BCUT2D eigenvalue weighted by Gasteiger charge is 2.26. The first-order valence-corrected chi connectivity index (χ1v) is 10.3. The lowest BCUT2D eigenvalue weighted by molar-refractivity contribution is 0.0929. The average Bonchev–Trinajstić information content (AvgIpc) is 3.42. The van der Waals surface area contributed by atoms with Gasteiger partial charge in [0.15, 0.2) is 11.5 Å². The number of amides is 1. The molecule has 6 heteroatoms. The number of nitrogens with one attached hydrogen (secondary N) is 1. The highest BCUT2D eigenvalue weighted by atomic mass is 35.5. The van der Waals surface area contributed by atoms with Crippen LogP contribution < -0.4 is 5.32 Å². The summed E-state index contributed by atoms with van der Waals surface area (Å²) in [5.41, 5.74) is 3.38. The predicted octanol–water partition coefficient (Wildman–Crippen LogP) is 4.87. The number of hydrogen-bond donors (Lipinski definition) is 1. The number of aromatic nitrogens is 1. The SMILES string of the molecule is Cc1ccc(-c2cc(C(=O)NCC(c3ccccc3Cl)N3CCCC3)no2)cc1. The Bertz CT molecular complexity index is 978. The zero-order valence-electron chi connectivity index (χ0n) is 16.4. The smallest absolute Gasteiger partial charge is 0.273 e. The summed E-state index contributed by atoms with van der Waals surface area (Å²) < 4.78 is 5.38. The fourth-order valence-corrected chi connectivity index (χ4v) is 4.01. The second-order valence-electron chi connectivity index (χ2n) is 7.43. The van der Waals surface area contributed by atoms with Crippen molar-refractivity contribution in [1.29, 1.82) is 0 Å². The lowest BCUT2D eigenvalue weighted by Gasteiger charge is -2.28. The van der Waals surface area contributed by atoms with Gasteiger partial charge < -0.3 is 9.84 Å². The maximum atomic E-state index is 12.7. The predicted molar refractivity (Wildman–Crippen MR) is 114 cm³/mol. The molecule has 1 aliphatic heterocycles. The van der Waals surface area contributed by atoms with Gasteiger partial charge in [0, 0.05) is 23.2 Å². The minimum Gasteiger partial charge on any atom is -0.355 e. The van der Waals surface area contributed by atoms with Crippen LogP contribution in [0.15, 0.2) is 59.1 Å². The first-order chi connectivity index (χ1) is 14.1. The Kier molecular flexibility index (Phi) is 5.97. The van der Waals surface area contributed by atoms with Crippen LogP contribution in [0.25, 0.3) is 11.3 Å². The first kappa shape index (κ1) is 19.7. The van der Waals surface area contributed by atoms with Crippen molar-refractivity contribution in [3.63, 3.8) is 0 Å². The highest BCUT2D eigenvalue weighted by molar-refractivity contribution is 6.31. The van der Waals surface area contributed by atoms with Crippen molar-refractivity contribution in [2.75, 3.05) is 19.6 Å². The quantitative estimate of drug-likeness (QED) is 0.631. The molecule has 1 fully saturated rings. The fraction of sp³-hybridized carbons (Fsp3) is 0.304. The Morgan fingerprint density at radius 2 is 1.90 bits per heavy atom. The summed E-state index contributed by atoms with van der Waals surface area (Å²) in [5.74, 6) is 0.334. The fourth-order valence-electron chi connectivity index (χ4n) is 3.75. The highest BCUT2D eigenvalue weighted by Crippen LogP contribution is 2.30. The van der Waals surface area contributed by atoms with Crippen molar-refractivity contribution in [3.05, 3.63) is 76.4 Å². The van der Waals surface area contributed by atoms with Crippen molar-refractivity contribution in [2.45, 2.75) is 25.8 Å². The van der Waals surface area contributed by atoms with Gasteiger partial charge in [0.2, 0.25) is 0 Å². The molecule has 0 bridgehead atoms. The molecule has 1 aliphatic rings. The molecule has 29 heavy (non-hydrogen) atoms. The van der Waals surface area contributed by atoms with E-state index in [1.54, 1.807) is 6.07 Å². The largest absolute Gasteiger partial charge is 0.355 e. The normalized spacial score (nSPS) is 15.4. The Morgan fingerprint density at radius 1 is 1.17 bits per heavy atom. The van der Waals surface area contributed by atoms with Gasteiger partial charge in [0.05, 0.1) is 6.04 Å². The van der Waals surface area contributed by atoms with E-state index in [2.05, 4.69) is 15.4 Å². The third kappa shape index (κ3) is 4.52. The van der Waals surface area contributed by atoms with Crippen molar-refractivity contribution in [3.8, 4) is 11.3 Å². The topological polar surface area (TPSA) is 58.4 Å². The van der Waals surface area contributed by atoms with Gasteiger partial charge in [0.1, 0.15) is 0 Å². The molecular weight excluding hydrogens is 386 g/mol. The zero-order chi connectivity index (χ0) is 20.2. The summed E-state index contributed by atoms with van der Waals surface area (Å²) in [7, 11) is 0. The summed E-state index contributed by atoms with van der Waals surface area (Å²) in [6, 6.07) is 17.5. The van der Waals surface area contributed by atoms with E-state index < -0.39 is 0 Å². The summed E-state index contributed by atoms with van der Waals surface area (Å²) in [5, 5.41) is 7.69. The summed E-state index contributed by atoms with van der Waals surface area (Å²) in [6.45, 7) is 4.51. The number of hydrogen-bond acceptors (Lipinski definition) is 4. The number of carbonyl (C=O) groups is 1. The van der Waals surface area contributed by atoms with Crippen LogP contribution in [-0.2, 0) is 0 Å². The Balaban J connectivity index is 1.47.